The molecule has 0 fully saturated rings. The average molecular weight is 419 g/mol. The predicted octanol–water partition coefficient (Wildman–Crippen LogP) is 6.11. The van der Waals surface area contributed by atoms with Crippen LogP contribution in [0.3, 0.4) is 0 Å². The highest BCUT2D eigenvalue weighted by Crippen LogP contribution is 2.19. The van der Waals surface area contributed by atoms with Crippen molar-refractivity contribution in [2.45, 2.75) is 32.9 Å². The minimum atomic E-state index is -0.119. The molecule has 0 aliphatic rings. The van der Waals surface area contributed by atoms with Crippen LogP contribution in [-0.2, 0) is 13.2 Å². The highest BCUT2D eigenvalue weighted by molar-refractivity contribution is 5.89. The smallest absolute Gasteiger partial charge is 0.322 e. The van der Waals surface area contributed by atoms with E-state index in [0.29, 0.717) is 25.4 Å². The number of methoxy groups -OCH3 is 1. The number of hydrogen-bond acceptors (Lipinski definition) is 3. The van der Waals surface area contributed by atoms with E-state index in [2.05, 4.69) is 12.2 Å². The zero-order valence-electron chi connectivity index (χ0n) is 18.2. The molecule has 0 aromatic heterocycles. The Morgan fingerprint density at radius 1 is 0.903 bits per heavy atom. The van der Waals surface area contributed by atoms with Crippen LogP contribution in [0.5, 0.6) is 11.5 Å². The Hall–Kier alpha value is -3.47. The Labute approximate surface area is 184 Å². The van der Waals surface area contributed by atoms with Crippen molar-refractivity contribution in [2.75, 3.05) is 19.0 Å². The highest BCUT2D eigenvalue weighted by atomic mass is 16.5. The Morgan fingerprint density at radius 3 is 2.39 bits per heavy atom. The Balaban J connectivity index is 1.60. The SMILES string of the molecule is CCCCN(Cc1ccc(OCc2ccccc2)cc1)C(=O)Nc1cccc(OC)c1. The molecule has 5 nitrogen and oxygen atoms in total. The summed E-state index contributed by atoms with van der Waals surface area (Å²) in [6, 6.07) is 25.3. The van der Waals surface area contributed by atoms with Crippen molar-refractivity contribution in [3.63, 3.8) is 0 Å². The molecule has 0 spiro atoms. The van der Waals surface area contributed by atoms with Crippen LogP contribution >= 0.6 is 0 Å². The van der Waals surface area contributed by atoms with Gasteiger partial charge in [0.15, 0.2) is 0 Å². The number of hydrogen-bond donors (Lipinski definition) is 1. The van der Waals surface area contributed by atoms with Gasteiger partial charge >= 0.3 is 6.03 Å². The van der Waals surface area contributed by atoms with Crippen molar-refractivity contribution in [1.29, 1.82) is 0 Å². The van der Waals surface area contributed by atoms with Crippen LogP contribution in [0.15, 0.2) is 78.9 Å². The fourth-order valence-corrected chi connectivity index (χ4v) is 3.16. The van der Waals surface area contributed by atoms with Gasteiger partial charge < -0.3 is 19.7 Å². The lowest BCUT2D eigenvalue weighted by atomic mass is 10.2. The fourth-order valence-electron chi connectivity index (χ4n) is 3.16. The van der Waals surface area contributed by atoms with Crippen LogP contribution in [0.4, 0.5) is 10.5 Å². The number of benzene rings is 3. The molecule has 0 unspecified atom stereocenters. The van der Waals surface area contributed by atoms with Gasteiger partial charge in [0.05, 0.1) is 7.11 Å². The van der Waals surface area contributed by atoms with E-state index in [1.54, 1.807) is 7.11 Å². The molecular formula is C26H30N2O3. The normalized spacial score (nSPS) is 10.4. The Kier molecular flexibility index (Phi) is 8.35. The molecule has 3 aromatic rings. The molecule has 0 saturated heterocycles. The number of carbonyl (C=O) groups is 1. The van der Waals surface area contributed by atoms with Crippen molar-refractivity contribution in [3.8, 4) is 11.5 Å². The van der Waals surface area contributed by atoms with Gasteiger partial charge in [0, 0.05) is 24.8 Å². The van der Waals surface area contributed by atoms with Crippen molar-refractivity contribution in [3.05, 3.63) is 90.0 Å². The second-order valence-electron chi connectivity index (χ2n) is 7.36. The van der Waals surface area contributed by atoms with Gasteiger partial charge in [-0.25, -0.2) is 4.79 Å². The third-order valence-electron chi connectivity index (χ3n) is 4.93. The molecule has 1 N–H and O–H groups in total. The van der Waals surface area contributed by atoms with Gasteiger partial charge in [0.2, 0.25) is 0 Å². The predicted molar refractivity (Wildman–Crippen MR) is 125 cm³/mol. The van der Waals surface area contributed by atoms with Gasteiger partial charge in [-0.1, -0.05) is 61.9 Å². The molecule has 0 aliphatic heterocycles. The molecule has 0 atom stereocenters. The Bertz CT molecular complexity index is 942. The number of nitrogens with zero attached hydrogens (tertiary/aromatic N) is 1. The number of anilines is 1. The molecule has 2 amide bonds. The van der Waals surface area contributed by atoms with Crippen LogP contribution in [0.25, 0.3) is 0 Å². The van der Waals surface area contributed by atoms with E-state index in [1.165, 1.54) is 0 Å². The molecule has 0 aliphatic carbocycles. The summed E-state index contributed by atoms with van der Waals surface area (Å²) in [5.74, 6) is 1.53. The first-order valence-electron chi connectivity index (χ1n) is 10.6. The molecule has 5 heteroatoms. The molecule has 3 rings (SSSR count). The maximum Gasteiger partial charge on any atom is 0.322 e. The lowest BCUT2D eigenvalue weighted by molar-refractivity contribution is 0.208. The van der Waals surface area contributed by atoms with E-state index in [0.717, 1.165) is 35.4 Å². The first-order valence-corrected chi connectivity index (χ1v) is 10.6. The quantitative estimate of drug-likeness (QED) is 0.432. The van der Waals surface area contributed by atoms with Gasteiger partial charge in [-0.15, -0.1) is 0 Å². The third-order valence-corrected chi connectivity index (χ3v) is 4.93. The molecule has 31 heavy (non-hydrogen) atoms. The van der Waals surface area contributed by atoms with E-state index in [9.17, 15) is 4.79 Å². The lowest BCUT2D eigenvalue weighted by Crippen LogP contribution is -2.35. The summed E-state index contributed by atoms with van der Waals surface area (Å²) in [4.78, 5) is 14.7. The molecular weight excluding hydrogens is 388 g/mol. The van der Waals surface area contributed by atoms with Crippen LogP contribution in [0.2, 0.25) is 0 Å². The van der Waals surface area contributed by atoms with E-state index in [1.807, 2.05) is 83.8 Å². The van der Waals surface area contributed by atoms with Gasteiger partial charge in [-0.2, -0.15) is 0 Å². The molecule has 0 heterocycles. The molecule has 162 valence electrons. The number of unbranched alkanes of at least 4 members (excludes halogenated alkanes) is 1. The summed E-state index contributed by atoms with van der Waals surface area (Å²) in [6.45, 7) is 3.89. The van der Waals surface area contributed by atoms with Gasteiger partial charge in [-0.3, -0.25) is 0 Å². The van der Waals surface area contributed by atoms with Crippen molar-refractivity contribution in [2.24, 2.45) is 0 Å². The first-order chi connectivity index (χ1) is 15.2. The van der Waals surface area contributed by atoms with Gasteiger partial charge in [-0.05, 0) is 41.8 Å². The van der Waals surface area contributed by atoms with E-state index >= 15 is 0 Å². The minimum absolute atomic E-state index is 0.119. The number of nitrogens with one attached hydrogen (secondary N) is 1. The van der Waals surface area contributed by atoms with Gasteiger partial charge in [0.25, 0.3) is 0 Å². The van der Waals surface area contributed by atoms with Crippen molar-refractivity contribution in [1.82, 2.24) is 4.90 Å². The molecule has 3 aromatic carbocycles. The first kappa shape index (κ1) is 22.2. The standard InChI is InChI=1S/C26H30N2O3/c1-3-4-17-28(26(29)27-23-11-8-12-25(18-23)30-2)19-21-13-15-24(16-14-21)31-20-22-9-6-5-7-10-22/h5-16,18H,3-4,17,19-20H2,1-2H3,(H,27,29). The molecule has 0 radical (unpaired) electrons. The summed E-state index contributed by atoms with van der Waals surface area (Å²) in [5, 5.41) is 2.98. The number of urea groups is 1. The molecule has 0 bridgehead atoms. The lowest BCUT2D eigenvalue weighted by Gasteiger charge is -2.23. The summed E-state index contributed by atoms with van der Waals surface area (Å²) < 4.78 is 11.1. The largest absolute Gasteiger partial charge is 0.497 e. The maximum absolute atomic E-state index is 12.9. The van der Waals surface area contributed by atoms with Crippen molar-refractivity contribution >= 4 is 11.7 Å². The van der Waals surface area contributed by atoms with E-state index in [-0.39, 0.29) is 6.03 Å². The number of amides is 2. The zero-order chi connectivity index (χ0) is 21.9. The number of ether oxygens (including phenoxy) is 2. The van der Waals surface area contributed by atoms with Crippen LogP contribution < -0.4 is 14.8 Å². The monoisotopic (exact) mass is 418 g/mol. The highest BCUT2D eigenvalue weighted by Gasteiger charge is 2.14. The topological polar surface area (TPSA) is 50.8 Å². The summed E-state index contributed by atoms with van der Waals surface area (Å²) in [7, 11) is 1.61. The fraction of sp³-hybridized carbons (Fsp3) is 0.269. The third kappa shape index (κ3) is 7.07. The average Bonchev–Trinajstić information content (AvgIpc) is 2.82. The summed E-state index contributed by atoms with van der Waals surface area (Å²) >= 11 is 0. The second kappa shape index (κ2) is 11.6. The number of carbonyl (C=O) groups excluding carboxylic acids is 1. The minimum Gasteiger partial charge on any atom is -0.497 e. The van der Waals surface area contributed by atoms with E-state index < -0.39 is 0 Å². The second-order valence-corrected chi connectivity index (χ2v) is 7.36. The van der Waals surface area contributed by atoms with E-state index in [4.69, 9.17) is 9.47 Å². The van der Waals surface area contributed by atoms with Crippen molar-refractivity contribution < 1.29 is 14.3 Å². The zero-order valence-corrected chi connectivity index (χ0v) is 18.2. The maximum atomic E-state index is 12.9. The molecule has 0 saturated carbocycles. The van der Waals surface area contributed by atoms with Gasteiger partial charge in [0.1, 0.15) is 18.1 Å². The van der Waals surface area contributed by atoms with Crippen LogP contribution in [-0.4, -0.2) is 24.6 Å². The van der Waals surface area contributed by atoms with Crippen LogP contribution in [0.1, 0.15) is 30.9 Å². The Morgan fingerprint density at radius 2 is 1.68 bits per heavy atom. The summed E-state index contributed by atoms with van der Waals surface area (Å²) in [6.07, 6.45) is 1.97. The number of rotatable bonds is 10. The summed E-state index contributed by atoms with van der Waals surface area (Å²) in [5.41, 5.74) is 2.91. The van der Waals surface area contributed by atoms with Crippen LogP contribution in [0, 0.1) is 0 Å².